The minimum absolute atomic E-state index is 0.548. The molecule has 0 N–H and O–H groups in total. The molecule has 0 radical (unpaired) electrons. The molecule has 1 rings (SSSR count). The monoisotopic (exact) mass is 293 g/mol. The van der Waals surface area contributed by atoms with Gasteiger partial charge in [0.25, 0.3) is 0 Å². The lowest BCUT2D eigenvalue weighted by atomic mass is 10.3. The van der Waals surface area contributed by atoms with Gasteiger partial charge in [-0.2, -0.15) is 0 Å². The number of alkyl halides is 2. The van der Waals surface area contributed by atoms with Crippen LogP contribution in [0.3, 0.4) is 0 Å². The fourth-order valence-corrected chi connectivity index (χ4v) is 6.28. The predicted molar refractivity (Wildman–Crippen MR) is 78.3 cm³/mol. The quantitative estimate of drug-likeness (QED) is 0.611. The van der Waals surface area contributed by atoms with E-state index >= 15 is 0 Å². The van der Waals surface area contributed by atoms with E-state index in [2.05, 4.69) is 0 Å². The van der Waals surface area contributed by atoms with Gasteiger partial charge in [-0.25, -0.2) is 4.74 Å². The van der Waals surface area contributed by atoms with Gasteiger partial charge in [-0.05, 0) is 40.3 Å². The van der Waals surface area contributed by atoms with Crippen LogP contribution in [-0.4, -0.2) is 42.1 Å². The third-order valence-corrected chi connectivity index (χ3v) is 7.43. The topological polar surface area (TPSA) is 18.8 Å². The van der Waals surface area contributed by atoms with Gasteiger partial charge < -0.3 is 0 Å². The molecule has 0 fully saturated rings. The third-order valence-electron chi connectivity index (χ3n) is 2.46. The molecule has 0 spiro atoms. The van der Waals surface area contributed by atoms with Crippen LogP contribution in [0.5, 0.6) is 0 Å². The van der Waals surface area contributed by atoms with Gasteiger partial charge in [0.1, 0.15) is 7.36 Å². The molecule has 3 nitrogen and oxygen atoms in total. The first-order valence-electron chi connectivity index (χ1n) is 5.22. The van der Waals surface area contributed by atoms with Crippen molar-refractivity contribution in [3.05, 3.63) is 30.3 Å². The van der Waals surface area contributed by atoms with E-state index in [-0.39, 0.29) is 0 Å². The van der Waals surface area contributed by atoms with Gasteiger partial charge in [0, 0.05) is 0 Å². The van der Waals surface area contributed by atoms with Crippen LogP contribution in [0, 0.1) is 0 Å². The Morgan fingerprint density at radius 1 is 1.00 bits per heavy atom. The molecule has 0 aliphatic carbocycles. The van der Waals surface area contributed by atoms with Crippen LogP contribution < -0.4 is 0 Å². The normalized spacial score (nSPS) is 12.5. The van der Waals surface area contributed by atoms with Crippen molar-refractivity contribution in [2.45, 2.75) is 4.58 Å². The highest BCUT2D eigenvalue weighted by atomic mass is 35.5. The molecular formula is C11H18Cl2N3P. The Balaban J connectivity index is 3.37. The fraction of sp³-hybridized carbons (Fsp3) is 0.455. The third kappa shape index (κ3) is 3.24. The van der Waals surface area contributed by atoms with E-state index in [4.69, 9.17) is 27.9 Å². The van der Waals surface area contributed by atoms with Gasteiger partial charge in [0.05, 0.1) is 5.69 Å². The molecule has 0 aromatic heterocycles. The predicted octanol–water partition coefficient (Wildman–Crippen LogP) is 4.23. The second-order valence-corrected chi connectivity index (χ2v) is 9.27. The zero-order valence-corrected chi connectivity index (χ0v) is 12.9. The Hall–Kier alpha value is -0.0500. The number of nitrogens with zero attached hydrogens (tertiary/aromatic N) is 3. The van der Waals surface area contributed by atoms with E-state index in [1.54, 1.807) is 0 Å². The first-order valence-corrected chi connectivity index (χ1v) is 7.81. The van der Waals surface area contributed by atoms with E-state index in [0.29, 0.717) is 0 Å². The maximum absolute atomic E-state index is 6.18. The van der Waals surface area contributed by atoms with Gasteiger partial charge >= 0.3 is 0 Å². The van der Waals surface area contributed by atoms with Crippen LogP contribution in [-0.2, 0) is 0 Å². The summed E-state index contributed by atoms with van der Waals surface area (Å²) in [5.74, 6) is 0. The van der Waals surface area contributed by atoms with Crippen LogP contribution in [0.4, 0.5) is 5.69 Å². The van der Waals surface area contributed by atoms with Crippen LogP contribution in [0.1, 0.15) is 0 Å². The molecule has 0 aliphatic heterocycles. The number of hydrogen-bond acceptors (Lipinski definition) is 1. The summed E-state index contributed by atoms with van der Waals surface area (Å²) < 4.78 is 8.28. The Bertz CT molecular complexity index is 376. The SMILES string of the molecule is CN(C)P(=Nc1ccccc1)(C(Cl)Cl)N(C)C. The molecule has 0 saturated heterocycles. The largest absolute Gasteiger partial charge is 0.262 e. The highest BCUT2D eigenvalue weighted by molar-refractivity contribution is 7.66. The molecule has 0 aliphatic rings. The van der Waals surface area contributed by atoms with E-state index in [1.807, 2.05) is 67.9 Å². The van der Waals surface area contributed by atoms with Crippen molar-refractivity contribution in [2.75, 3.05) is 28.2 Å². The van der Waals surface area contributed by atoms with E-state index < -0.39 is 11.9 Å². The van der Waals surface area contributed by atoms with Gasteiger partial charge in [0.15, 0.2) is 4.58 Å². The van der Waals surface area contributed by atoms with Gasteiger partial charge in [-0.1, -0.05) is 41.4 Å². The summed E-state index contributed by atoms with van der Waals surface area (Å²) in [6, 6.07) is 9.78. The molecule has 0 unspecified atom stereocenters. The molecule has 1 aromatic carbocycles. The van der Waals surface area contributed by atoms with Gasteiger partial charge in [0.2, 0.25) is 0 Å². The minimum atomic E-state index is -2.11. The molecule has 0 atom stereocenters. The fourth-order valence-electron chi connectivity index (χ4n) is 1.59. The van der Waals surface area contributed by atoms with Crippen LogP contribution in [0.2, 0.25) is 0 Å². The second kappa shape index (κ2) is 6.21. The Morgan fingerprint density at radius 2 is 1.47 bits per heavy atom. The summed E-state index contributed by atoms with van der Waals surface area (Å²) in [6.45, 7) is 0. The van der Waals surface area contributed by atoms with Crippen LogP contribution >= 0.6 is 30.6 Å². The van der Waals surface area contributed by atoms with Gasteiger partial charge in [-0.3, -0.25) is 9.34 Å². The zero-order valence-electron chi connectivity index (χ0n) is 10.5. The summed E-state index contributed by atoms with van der Waals surface area (Å²) in [6.07, 6.45) is 0. The second-order valence-electron chi connectivity index (χ2n) is 4.02. The lowest BCUT2D eigenvalue weighted by Gasteiger charge is -2.37. The molecule has 96 valence electrons. The average molecular weight is 294 g/mol. The van der Waals surface area contributed by atoms with Crippen molar-refractivity contribution in [3.63, 3.8) is 0 Å². The summed E-state index contributed by atoms with van der Waals surface area (Å²) in [7, 11) is 5.71. The Labute approximate surface area is 113 Å². The smallest absolute Gasteiger partial charge is 0.167 e. The van der Waals surface area contributed by atoms with Crippen molar-refractivity contribution >= 4 is 36.2 Å². The van der Waals surface area contributed by atoms with Crippen LogP contribution in [0.15, 0.2) is 35.1 Å². The lowest BCUT2D eigenvalue weighted by Crippen LogP contribution is -2.24. The molecule has 0 amide bonds. The van der Waals surface area contributed by atoms with E-state index in [1.165, 1.54) is 0 Å². The summed E-state index contributed by atoms with van der Waals surface area (Å²) in [5.41, 5.74) is 0.898. The summed E-state index contributed by atoms with van der Waals surface area (Å²) in [4.78, 5) is 0. The maximum atomic E-state index is 6.18. The first-order chi connectivity index (χ1) is 7.91. The minimum Gasteiger partial charge on any atom is -0.262 e. The molecule has 6 heteroatoms. The Kier molecular flexibility index (Phi) is 5.49. The maximum Gasteiger partial charge on any atom is 0.167 e. The Morgan fingerprint density at radius 3 is 1.82 bits per heavy atom. The average Bonchev–Trinajstić information content (AvgIpc) is 2.25. The van der Waals surface area contributed by atoms with Crippen molar-refractivity contribution in [1.29, 1.82) is 0 Å². The molecule has 0 bridgehead atoms. The number of rotatable bonds is 4. The van der Waals surface area contributed by atoms with Crippen molar-refractivity contribution in [1.82, 2.24) is 9.34 Å². The highest BCUT2D eigenvalue weighted by Crippen LogP contribution is 2.62. The van der Waals surface area contributed by atoms with Crippen LogP contribution in [0.25, 0.3) is 0 Å². The molecule has 0 saturated carbocycles. The zero-order chi connectivity index (χ0) is 13.1. The highest BCUT2D eigenvalue weighted by Gasteiger charge is 2.32. The molecule has 0 heterocycles. The molecule has 17 heavy (non-hydrogen) atoms. The molecular weight excluding hydrogens is 276 g/mol. The van der Waals surface area contributed by atoms with Crippen molar-refractivity contribution in [3.8, 4) is 0 Å². The van der Waals surface area contributed by atoms with Crippen molar-refractivity contribution in [2.24, 2.45) is 4.74 Å². The molecule has 1 aromatic rings. The van der Waals surface area contributed by atoms with Gasteiger partial charge in [-0.15, -0.1) is 0 Å². The number of benzene rings is 1. The first kappa shape index (κ1) is 15.0. The number of hydrogen-bond donors (Lipinski definition) is 0. The van der Waals surface area contributed by atoms with Crippen molar-refractivity contribution < 1.29 is 0 Å². The van der Waals surface area contributed by atoms with E-state index in [0.717, 1.165) is 5.69 Å². The van der Waals surface area contributed by atoms with E-state index in [9.17, 15) is 0 Å². The standard InChI is InChI=1S/C11H18Cl2N3P/c1-15(2)17(11(12)13,16(3)4)14-10-8-6-5-7-9-10/h5-9,11H,1-4H3. The lowest BCUT2D eigenvalue weighted by molar-refractivity contribution is 0.562. The number of halogens is 2. The summed E-state index contributed by atoms with van der Waals surface area (Å²) >= 11 is 12.4. The summed E-state index contributed by atoms with van der Waals surface area (Å²) in [5, 5.41) is 0.